The first-order valence-electron chi connectivity index (χ1n) is 7.67. The smallest absolute Gasteiger partial charge is 0.253 e. The maximum Gasteiger partial charge on any atom is 0.253 e. The monoisotopic (exact) mass is 528 g/mol. The summed E-state index contributed by atoms with van der Waals surface area (Å²) >= 11 is 17.8. The van der Waals surface area contributed by atoms with Crippen molar-refractivity contribution in [3.05, 3.63) is 57.5 Å². The van der Waals surface area contributed by atoms with Gasteiger partial charge >= 0.3 is 0 Å². The van der Waals surface area contributed by atoms with Gasteiger partial charge in [-0.25, -0.2) is 0 Å². The number of rotatable bonds is 4. The molecule has 27 heavy (non-hydrogen) atoms. The summed E-state index contributed by atoms with van der Waals surface area (Å²) in [4.78, 5) is 40.6. The lowest BCUT2D eigenvalue weighted by atomic mass is 9.98. The van der Waals surface area contributed by atoms with Crippen LogP contribution in [0.25, 0.3) is 0 Å². The van der Waals surface area contributed by atoms with Gasteiger partial charge in [0.05, 0.1) is 17.3 Å². The summed E-state index contributed by atoms with van der Waals surface area (Å²) < 4.78 is 1.63. The van der Waals surface area contributed by atoms with E-state index in [2.05, 4.69) is 31.9 Å². The van der Waals surface area contributed by atoms with Crippen LogP contribution in [0.2, 0.25) is 0 Å². The number of thiocarbonyl (C=S) groups is 1. The van der Waals surface area contributed by atoms with Crippen LogP contribution in [0.4, 0.5) is 11.4 Å². The predicted molar refractivity (Wildman–Crippen MR) is 115 cm³/mol. The Morgan fingerprint density at radius 2 is 1.26 bits per heavy atom. The molecule has 1 aliphatic heterocycles. The first kappa shape index (κ1) is 20.1. The van der Waals surface area contributed by atoms with E-state index in [-0.39, 0.29) is 5.11 Å². The lowest BCUT2D eigenvalue weighted by Crippen LogP contribution is -2.62. The number of hydrogen-bond acceptors (Lipinski definition) is 4. The molecule has 5 nitrogen and oxygen atoms in total. The lowest BCUT2D eigenvalue weighted by Gasteiger charge is -2.38. The quantitative estimate of drug-likeness (QED) is 0.336. The van der Waals surface area contributed by atoms with Gasteiger partial charge in [0.25, 0.3) is 11.8 Å². The normalized spacial score (nSPS) is 15.4. The molecule has 1 heterocycles. The van der Waals surface area contributed by atoms with E-state index in [1.54, 1.807) is 48.5 Å². The molecular weight excluding hydrogens is 520 g/mol. The molecule has 9 heteroatoms. The molecule has 2 aromatic carbocycles. The van der Waals surface area contributed by atoms with Gasteiger partial charge < -0.3 is 0 Å². The molecule has 0 N–H and O–H groups in total. The van der Waals surface area contributed by atoms with E-state index in [0.29, 0.717) is 11.4 Å². The topological polar surface area (TPSA) is 57.7 Å². The van der Waals surface area contributed by atoms with Crippen LogP contribution in [0, 0.1) is 5.92 Å². The summed E-state index contributed by atoms with van der Waals surface area (Å²) in [5.74, 6) is -4.06. The van der Waals surface area contributed by atoms with Crippen molar-refractivity contribution < 1.29 is 14.4 Å². The summed E-state index contributed by atoms with van der Waals surface area (Å²) in [6.07, 6.45) is 0. The number of benzene rings is 2. The molecule has 1 aliphatic rings. The predicted octanol–water partition coefficient (Wildman–Crippen LogP) is 4.30. The van der Waals surface area contributed by atoms with Crippen LogP contribution >= 0.6 is 55.7 Å². The fourth-order valence-electron chi connectivity index (χ4n) is 2.66. The Morgan fingerprint density at radius 1 is 0.889 bits per heavy atom. The summed E-state index contributed by atoms with van der Waals surface area (Å²) in [5.41, 5.74) is 0.908. The van der Waals surface area contributed by atoms with Gasteiger partial charge in [0.15, 0.2) is 16.8 Å². The molecule has 2 amide bonds. The molecule has 2 aromatic rings. The molecule has 0 saturated carbocycles. The van der Waals surface area contributed by atoms with E-state index in [0.717, 1.165) is 8.95 Å². The second-order valence-electron chi connectivity index (χ2n) is 5.62. The zero-order chi connectivity index (χ0) is 19.7. The average Bonchev–Trinajstić information content (AvgIpc) is 2.64. The summed E-state index contributed by atoms with van der Waals surface area (Å²) in [6, 6.07) is 13.7. The van der Waals surface area contributed by atoms with Crippen LogP contribution in [0.5, 0.6) is 0 Å². The van der Waals surface area contributed by atoms with Crippen LogP contribution < -0.4 is 9.80 Å². The van der Waals surface area contributed by atoms with Crippen molar-refractivity contribution in [3.8, 4) is 0 Å². The second-order valence-corrected chi connectivity index (χ2v) is 8.08. The van der Waals surface area contributed by atoms with Gasteiger partial charge in [0.1, 0.15) is 0 Å². The van der Waals surface area contributed by atoms with Gasteiger partial charge in [-0.15, -0.1) is 11.6 Å². The minimum Gasteiger partial charge on any atom is -0.297 e. The number of anilines is 2. The highest BCUT2D eigenvalue weighted by molar-refractivity contribution is 9.10. The number of hydrogen-bond donors (Lipinski definition) is 0. The van der Waals surface area contributed by atoms with Crippen molar-refractivity contribution in [1.29, 1.82) is 0 Å². The first-order chi connectivity index (χ1) is 12.8. The van der Waals surface area contributed by atoms with Crippen molar-refractivity contribution in [2.75, 3.05) is 15.7 Å². The molecule has 0 spiro atoms. The fourth-order valence-corrected chi connectivity index (χ4v) is 3.73. The van der Waals surface area contributed by atoms with Gasteiger partial charge in [-0.1, -0.05) is 31.9 Å². The highest BCUT2D eigenvalue weighted by Crippen LogP contribution is 2.31. The number of alkyl halides is 1. The molecule has 3 rings (SSSR count). The van der Waals surface area contributed by atoms with Gasteiger partial charge in [0.2, 0.25) is 0 Å². The number of amides is 2. The Bertz CT molecular complexity index is 867. The van der Waals surface area contributed by atoms with E-state index in [1.165, 1.54) is 9.80 Å². The van der Waals surface area contributed by atoms with Crippen LogP contribution in [-0.4, -0.2) is 28.6 Å². The Labute approximate surface area is 182 Å². The van der Waals surface area contributed by atoms with Crippen molar-refractivity contribution in [3.63, 3.8) is 0 Å². The minimum absolute atomic E-state index is 0.0201. The van der Waals surface area contributed by atoms with Crippen LogP contribution in [0.15, 0.2) is 57.5 Å². The minimum atomic E-state index is -1.54. The molecule has 1 fully saturated rings. The molecule has 0 aliphatic carbocycles. The second kappa shape index (κ2) is 8.18. The summed E-state index contributed by atoms with van der Waals surface area (Å²) in [7, 11) is 0. The molecule has 0 atom stereocenters. The summed E-state index contributed by atoms with van der Waals surface area (Å²) in [5, 5.41) is -0.0201. The van der Waals surface area contributed by atoms with Gasteiger partial charge in [0, 0.05) is 8.95 Å². The van der Waals surface area contributed by atoms with Crippen molar-refractivity contribution in [2.24, 2.45) is 5.92 Å². The van der Waals surface area contributed by atoms with Gasteiger partial charge in [-0.2, -0.15) is 0 Å². The summed E-state index contributed by atoms with van der Waals surface area (Å²) in [6.45, 7) is 0. The number of carbonyl (C=O) groups is 3. The van der Waals surface area contributed by atoms with E-state index >= 15 is 0 Å². The Balaban J connectivity index is 2.12. The number of ketones is 1. The lowest BCUT2D eigenvalue weighted by molar-refractivity contribution is -0.138. The maximum atomic E-state index is 13.0. The Hall–Kier alpha value is -1.61. The third-order valence-electron chi connectivity index (χ3n) is 3.94. The van der Waals surface area contributed by atoms with E-state index in [9.17, 15) is 14.4 Å². The Kier molecular flexibility index (Phi) is 6.10. The van der Waals surface area contributed by atoms with Gasteiger partial charge in [-0.3, -0.25) is 24.2 Å². The standard InChI is InChI=1S/C18H11Br2ClN2O3S/c19-10-1-5-12(6-2-10)22-16(25)15(14(24)9-21)17(26)23(18(22)27)13-7-3-11(20)4-8-13/h1-8,15H,9H2. The molecule has 0 aromatic heterocycles. The van der Waals surface area contributed by atoms with Crippen LogP contribution in [0.3, 0.4) is 0 Å². The van der Waals surface area contributed by atoms with E-state index in [4.69, 9.17) is 23.8 Å². The molecule has 0 radical (unpaired) electrons. The Morgan fingerprint density at radius 3 is 1.59 bits per heavy atom. The highest BCUT2D eigenvalue weighted by atomic mass is 79.9. The average molecular weight is 531 g/mol. The van der Waals surface area contributed by atoms with E-state index < -0.39 is 29.4 Å². The number of nitrogens with zero attached hydrogens (tertiary/aromatic N) is 2. The van der Waals surface area contributed by atoms with Crippen molar-refractivity contribution >= 4 is 89.8 Å². The maximum absolute atomic E-state index is 13.0. The van der Waals surface area contributed by atoms with E-state index in [1.807, 2.05) is 0 Å². The SMILES string of the molecule is O=C(CCl)C1C(=O)N(c2ccc(Br)cc2)C(=S)N(c2ccc(Br)cc2)C1=O. The van der Waals surface area contributed by atoms with Crippen LogP contribution in [0.1, 0.15) is 0 Å². The third kappa shape index (κ3) is 3.85. The molecule has 138 valence electrons. The number of halogens is 3. The molecule has 1 saturated heterocycles. The first-order valence-corrected chi connectivity index (χ1v) is 10.2. The number of Topliss-reactive ketones (excluding diaryl/α,β-unsaturated/α-hetero) is 1. The highest BCUT2D eigenvalue weighted by Gasteiger charge is 2.48. The van der Waals surface area contributed by atoms with Gasteiger partial charge in [-0.05, 0) is 60.7 Å². The fraction of sp³-hybridized carbons (Fsp3) is 0.111. The molecule has 0 unspecified atom stereocenters. The number of carbonyl (C=O) groups excluding carboxylic acids is 3. The van der Waals surface area contributed by atoms with Crippen LogP contribution in [-0.2, 0) is 14.4 Å². The zero-order valence-electron chi connectivity index (χ0n) is 13.6. The van der Waals surface area contributed by atoms with Crippen molar-refractivity contribution in [1.82, 2.24) is 0 Å². The zero-order valence-corrected chi connectivity index (χ0v) is 18.3. The molecule has 0 bridgehead atoms. The van der Waals surface area contributed by atoms with Crippen molar-refractivity contribution in [2.45, 2.75) is 0 Å². The third-order valence-corrected chi connectivity index (χ3v) is 5.63. The largest absolute Gasteiger partial charge is 0.297 e. The molecular formula is C18H11Br2ClN2O3S.